The smallest absolute Gasteiger partial charge is 0.244 e. The Morgan fingerprint density at radius 3 is 2.43 bits per heavy atom. The summed E-state index contributed by atoms with van der Waals surface area (Å²) in [5.41, 5.74) is 0.843. The van der Waals surface area contributed by atoms with Gasteiger partial charge in [0.05, 0.1) is 14.2 Å². The summed E-state index contributed by atoms with van der Waals surface area (Å²) in [5.74, 6) is 1.24. The molecule has 0 heterocycles. The molecule has 0 aliphatic heterocycles. The first kappa shape index (κ1) is 17.0. The van der Waals surface area contributed by atoms with Gasteiger partial charge < -0.3 is 19.5 Å². The number of methoxy groups -OCH3 is 2. The van der Waals surface area contributed by atoms with Gasteiger partial charge in [0.25, 0.3) is 0 Å². The largest absolute Gasteiger partial charge is 0.497 e. The molecule has 1 amide bonds. The van der Waals surface area contributed by atoms with Crippen LogP contribution in [0.25, 0.3) is 6.08 Å². The molecule has 5 nitrogen and oxygen atoms in total. The quantitative estimate of drug-likeness (QED) is 0.560. The maximum absolute atomic E-state index is 11.7. The molecule has 5 heteroatoms. The zero-order valence-corrected chi connectivity index (χ0v) is 12.8. The summed E-state index contributed by atoms with van der Waals surface area (Å²) in [6.07, 6.45) is 4.03. The minimum absolute atomic E-state index is 0.131. The fourth-order valence-electron chi connectivity index (χ4n) is 1.69. The van der Waals surface area contributed by atoms with Gasteiger partial charge in [0.15, 0.2) is 0 Å². The van der Waals surface area contributed by atoms with Crippen molar-refractivity contribution in [1.82, 2.24) is 5.32 Å². The van der Waals surface area contributed by atoms with Crippen LogP contribution in [0.15, 0.2) is 24.3 Å². The SMILES string of the molecule is CCOCCCNC(=O)/C=C/c1cc(OC)cc(OC)c1. The van der Waals surface area contributed by atoms with Gasteiger partial charge in [-0.2, -0.15) is 0 Å². The Hall–Kier alpha value is -2.01. The van der Waals surface area contributed by atoms with E-state index < -0.39 is 0 Å². The van der Waals surface area contributed by atoms with Gasteiger partial charge in [0, 0.05) is 31.9 Å². The average molecular weight is 293 g/mol. The van der Waals surface area contributed by atoms with E-state index in [0.717, 1.165) is 12.0 Å². The summed E-state index contributed by atoms with van der Waals surface area (Å²) < 4.78 is 15.6. The molecule has 1 aromatic carbocycles. The lowest BCUT2D eigenvalue weighted by atomic mass is 10.2. The normalized spacial score (nSPS) is 10.6. The number of benzene rings is 1. The van der Waals surface area contributed by atoms with Crippen molar-refractivity contribution in [2.75, 3.05) is 34.0 Å². The van der Waals surface area contributed by atoms with Crippen LogP contribution in [0.3, 0.4) is 0 Å². The Balaban J connectivity index is 2.49. The Morgan fingerprint density at radius 2 is 1.86 bits per heavy atom. The van der Waals surface area contributed by atoms with Gasteiger partial charge >= 0.3 is 0 Å². The average Bonchev–Trinajstić information content (AvgIpc) is 2.52. The summed E-state index contributed by atoms with van der Waals surface area (Å²) in [7, 11) is 3.18. The standard InChI is InChI=1S/C16H23NO4/c1-4-21-9-5-8-17-16(18)7-6-13-10-14(19-2)12-15(11-13)20-3/h6-7,10-12H,4-5,8-9H2,1-3H3,(H,17,18)/b7-6+. The predicted octanol–water partition coefficient (Wildman–Crippen LogP) is 2.26. The molecule has 0 aliphatic rings. The third kappa shape index (κ3) is 6.81. The third-order valence-electron chi connectivity index (χ3n) is 2.77. The van der Waals surface area contributed by atoms with Crippen LogP contribution in [0.2, 0.25) is 0 Å². The van der Waals surface area contributed by atoms with Gasteiger partial charge in [-0.05, 0) is 37.1 Å². The van der Waals surface area contributed by atoms with Crippen molar-refractivity contribution in [3.63, 3.8) is 0 Å². The molecule has 0 radical (unpaired) electrons. The molecule has 0 bridgehead atoms. The molecule has 21 heavy (non-hydrogen) atoms. The first-order chi connectivity index (χ1) is 10.2. The molecule has 0 fully saturated rings. The van der Waals surface area contributed by atoms with Crippen LogP contribution in [-0.4, -0.2) is 39.9 Å². The van der Waals surface area contributed by atoms with Crippen molar-refractivity contribution in [3.8, 4) is 11.5 Å². The molecule has 0 aliphatic carbocycles. The summed E-state index contributed by atoms with van der Waals surface area (Å²) in [6.45, 7) is 3.91. The van der Waals surface area contributed by atoms with Crippen LogP contribution < -0.4 is 14.8 Å². The lowest BCUT2D eigenvalue weighted by Gasteiger charge is -2.06. The topological polar surface area (TPSA) is 56.8 Å². The summed E-state index contributed by atoms with van der Waals surface area (Å²) >= 11 is 0. The van der Waals surface area contributed by atoms with Crippen molar-refractivity contribution in [3.05, 3.63) is 29.8 Å². The second kappa shape index (κ2) is 9.83. The molecule has 116 valence electrons. The maximum Gasteiger partial charge on any atom is 0.244 e. The lowest BCUT2D eigenvalue weighted by molar-refractivity contribution is -0.116. The number of hydrogen-bond donors (Lipinski definition) is 1. The van der Waals surface area contributed by atoms with Gasteiger partial charge in [-0.25, -0.2) is 0 Å². The number of rotatable bonds is 9. The van der Waals surface area contributed by atoms with Gasteiger partial charge in [0.1, 0.15) is 11.5 Å². The van der Waals surface area contributed by atoms with Crippen LogP contribution in [0, 0.1) is 0 Å². The highest BCUT2D eigenvalue weighted by molar-refractivity contribution is 5.91. The van der Waals surface area contributed by atoms with E-state index in [4.69, 9.17) is 14.2 Å². The number of ether oxygens (including phenoxy) is 3. The number of amides is 1. The zero-order valence-electron chi connectivity index (χ0n) is 12.8. The molecule has 0 atom stereocenters. The van der Waals surface area contributed by atoms with E-state index in [1.54, 1.807) is 26.4 Å². The van der Waals surface area contributed by atoms with Crippen LogP contribution in [0.5, 0.6) is 11.5 Å². The summed E-state index contributed by atoms with van der Waals surface area (Å²) in [4.78, 5) is 11.7. The number of carbonyl (C=O) groups is 1. The van der Waals surface area contributed by atoms with Gasteiger partial charge in [-0.1, -0.05) is 0 Å². The summed E-state index contributed by atoms with van der Waals surface area (Å²) in [5, 5.41) is 2.80. The second-order valence-electron chi connectivity index (χ2n) is 4.32. The Kier molecular flexibility index (Phi) is 7.97. The fraction of sp³-hybridized carbons (Fsp3) is 0.438. The minimum atomic E-state index is -0.131. The molecule has 0 spiro atoms. The van der Waals surface area contributed by atoms with Crippen molar-refractivity contribution in [2.24, 2.45) is 0 Å². The van der Waals surface area contributed by atoms with Crippen LogP contribution in [-0.2, 0) is 9.53 Å². The van der Waals surface area contributed by atoms with Crippen molar-refractivity contribution in [1.29, 1.82) is 0 Å². The number of nitrogens with one attached hydrogen (secondary N) is 1. The molecular weight excluding hydrogens is 270 g/mol. The fourth-order valence-corrected chi connectivity index (χ4v) is 1.69. The van der Waals surface area contributed by atoms with Gasteiger partial charge in [0.2, 0.25) is 5.91 Å². The van der Waals surface area contributed by atoms with Crippen molar-refractivity contribution < 1.29 is 19.0 Å². The molecule has 0 aromatic heterocycles. The Bertz CT molecular complexity index is 449. The van der Waals surface area contributed by atoms with E-state index in [1.807, 2.05) is 19.1 Å². The van der Waals surface area contributed by atoms with E-state index in [1.165, 1.54) is 6.08 Å². The maximum atomic E-state index is 11.7. The highest BCUT2D eigenvalue weighted by Gasteiger charge is 2.00. The molecular formula is C16H23NO4. The Labute approximate surface area is 125 Å². The monoisotopic (exact) mass is 293 g/mol. The van der Waals surface area contributed by atoms with E-state index in [0.29, 0.717) is 31.3 Å². The number of hydrogen-bond acceptors (Lipinski definition) is 4. The molecule has 0 saturated carbocycles. The molecule has 1 aromatic rings. The third-order valence-corrected chi connectivity index (χ3v) is 2.77. The molecule has 1 N–H and O–H groups in total. The molecule has 0 saturated heterocycles. The van der Waals surface area contributed by atoms with Crippen LogP contribution in [0.1, 0.15) is 18.9 Å². The molecule has 1 rings (SSSR count). The highest BCUT2D eigenvalue weighted by Crippen LogP contribution is 2.23. The second-order valence-corrected chi connectivity index (χ2v) is 4.32. The minimum Gasteiger partial charge on any atom is -0.497 e. The number of carbonyl (C=O) groups excluding carboxylic acids is 1. The van der Waals surface area contributed by atoms with Gasteiger partial charge in [-0.3, -0.25) is 4.79 Å². The highest BCUT2D eigenvalue weighted by atomic mass is 16.5. The van der Waals surface area contributed by atoms with Crippen LogP contribution >= 0.6 is 0 Å². The van der Waals surface area contributed by atoms with E-state index in [9.17, 15) is 4.79 Å². The van der Waals surface area contributed by atoms with Crippen molar-refractivity contribution in [2.45, 2.75) is 13.3 Å². The van der Waals surface area contributed by atoms with E-state index in [-0.39, 0.29) is 5.91 Å². The Morgan fingerprint density at radius 1 is 1.19 bits per heavy atom. The van der Waals surface area contributed by atoms with E-state index in [2.05, 4.69) is 5.32 Å². The predicted molar refractivity (Wildman–Crippen MR) is 82.7 cm³/mol. The van der Waals surface area contributed by atoms with Crippen LogP contribution in [0.4, 0.5) is 0 Å². The van der Waals surface area contributed by atoms with Gasteiger partial charge in [-0.15, -0.1) is 0 Å². The zero-order chi connectivity index (χ0) is 15.5. The summed E-state index contributed by atoms with van der Waals surface area (Å²) in [6, 6.07) is 5.45. The van der Waals surface area contributed by atoms with E-state index >= 15 is 0 Å². The first-order valence-electron chi connectivity index (χ1n) is 6.96. The molecule has 0 unspecified atom stereocenters. The van der Waals surface area contributed by atoms with Crippen molar-refractivity contribution >= 4 is 12.0 Å². The lowest BCUT2D eigenvalue weighted by Crippen LogP contribution is -2.23. The first-order valence-corrected chi connectivity index (χ1v) is 6.96.